The molecule has 0 aromatic carbocycles. The number of nitrogens with two attached hydrogens (primary N) is 1. The van der Waals surface area contributed by atoms with Crippen LogP contribution < -0.4 is 16.6 Å². The SMILES string of the molecule is COCCCN=C(NN)NC(C)c1nccs1. The number of nitrogens with zero attached hydrogens (tertiary/aromatic N) is 2. The quantitative estimate of drug-likeness (QED) is 0.229. The Bertz CT molecular complexity index is 327. The number of guanidine groups is 1. The van der Waals surface area contributed by atoms with E-state index in [2.05, 4.69) is 20.7 Å². The predicted molar refractivity (Wildman–Crippen MR) is 69.8 cm³/mol. The lowest BCUT2D eigenvalue weighted by atomic mass is 10.3. The van der Waals surface area contributed by atoms with Crippen molar-refractivity contribution < 1.29 is 4.74 Å². The number of aromatic nitrogens is 1. The Morgan fingerprint density at radius 1 is 1.71 bits per heavy atom. The summed E-state index contributed by atoms with van der Waals surface area (Å²) in [6, 6.07) is 0.0900. The monoisotopic (exact) mass is 257 g/mol. The Balaban J connectivity index is 2.40. The maximum atomic E-state index is 5.40. The number of methoxy groups -OCH3 is 1. The molecular formula is C10H19N5OS. The number of aliphatic imine (C=N–C) groups is 1. The highest BCUT2D eigenvalue weighted by Gasteiger charge is 2.08. The number of nitrogens with one attached hydrogen (secondary N) is 2. The maximum Gasteiger partial charge on any atom is 0.206 e. The van der Waals surface area contributed by atoms with Gasteiger partial charge in [-0.05, 0) is 13.3 Å². The van der Waals surface area contributed by atoms with Crippen LogP contribution in [0.15, 0.2) is 16.6 Å². The smallest absolute Gasteiger partial charge is 0.206 e. The van der Waals surface area contributed by atoms with Crippen LogP contribution in [0, 0.1) is 0 Å². The molecule has 17 heavy (non-hydrogen) atoms. The molecule has 4 N–H and O–H groups in total. The number of ether oxygens (including phenoxy) is 1. The minimum absolute atomic E-state index is 0.0900. The molecule has 7 heteroatoms. The summed E-state index contributed by atoms with van der Waals surface area (Å²) >= 11 is 1.60. The summed E-state index contributed by atoms with van der Waals surface area (Å²) in [5.74, 6) is 5.97. The molecule has 1 unspecified atom stereocenters. The van der Waals surface area contributed by atoms with Gasteiger partial charge in [-0.25, -0.2) is 10.8 Å². The van der Waals surface area contributed by atoms with E-state index in [0.29, 0.717) is 19.1 Å². The maximum absolute atomic E-state index is 5.40. The number of hydrogen-bond donors (Lipinski definition) is 3. The van der Waals surface area contributed by atoms with Crippen molar-refractivity contribution in [2.24, 2.45) is 10.8 Å². The molecule has 0 aliphatic rings. The van der Waals surface area contributed by atoms with Gasteiger partial charge in [0.05, 0.1) is 6.04 Å². The van der Waals surface area contributed by atoms with Gasteiger partial charge in [0.2, 0.25) is 5.96 Å². The second-order valence-corrected chi connectivity index (χ2v) is 4.38. The van der Waals surface area contributed by atoms with Gasteiger partial charge in [0, 0.05) is 31.8 Å². The zero-order chi connectivity index (χ0) is 12.5. The van der Waals surface area contributed by atoms with Crippen LogP contribution in [0.4, 0.5) is 0 Å². The van der Waals surface area contributed by atoms with Gasteiger partial charge < -0.3 is 10.1 Å². The fourth-order valence-electron chi connectivity index (χ4n) is 1.25. The summed E-state index contributed by atoms with van der Waals surface area (Å²) in [7, 11) is 1.68. The van der Waals surface area contributed by atoms with Crippen LogP contribution in [0.2, 0.25) is 0 Å². The van der Waals surface area contributed by atoms with Crippen molar-refractivity contribution in [1.82, 2.24) is 15.7 Å². The summed E-state index contributed by atoms with van der Waals surface area (Å²) in [6.45, 7) is 3.38. The van der Waals surface area contributed by atoms with Crippen molar-refractivity contribution in [3.05, 3.63) is 16.6 Å². The van der Waals surface area contributed by atoms with Crippen molar-refractivity contribution in [1.29, 1.82) is 0 Å². The average Bonchev–Trinajstić information content (AvgIpc) is 2.86. The Morgan fingerprint density at radius 2 is 2.53 bits per heavy atom. The molecule has 0 radical (unpaired) electrons. The van der Waals surface area contributed by atoms with Crippen LogP contribution in [-0.4, -0.2) is 31.2 Å². The Morgan fingerprint density at radius 3 is 3.12 bits per heavy atom. The Hall–Kier alpha value is -1.18. The zero-order valence-electron chi connectivity index (χ0n) is 10.1. The van der Waals surface area contributed by atoms with Crippen LogP contribution in [0.5, 0.6) is 0 Å². The largest absolute Gasteiger partial charge is 0.385 e. The molecule has 0 fully saturated rings. The van der Waals surface area contributed by atoms with Crippen molar-refractivity contribution in [3.63, 3.8) is 0 Å². The second kappa shape index (κ2) is 7.99. The van der Waals surface area contributed by atoms with Crippen molar-refractivity contribution in [2.75, 3.05) is 20.3 Å². The summed E-state index contributed by atoms with van der Waals surface area (Å²) in [6.07, 6.45) is 2.65. The van der Waals surface area contributed by atoms with Gasteiger partial charge in [-0.15, -0.1) is 11.3 Å². The van der Waals surface area contributed by atoms with E-state index in [9.17, 15) is 0 Å². The lowest BCUT2D eigenvalue weighted by molar-refractivity contribution is 0.197. The third-order valence-electron chi connectivity index (χ3n) is 2.09. The third-order valence-corrected chi connectivity index (χ3v) is 3.05. The highest BCUT2D eigenvalue weighted by Crippen LogP contribution is 2.14. The van der Waals surface area contributed by atoms with Gasteiger partial charge >= 0.3 is 0 Å². The lowest BCUT2D eigenvalue weighted by Crippen LogP contribution is -2.42. The standard InChI is InChI=1S/C10H19N5OS/c1-8(9-12-5-7-17-9)14-10(15-11)13-4-3-6-16-2/h5,7-8H,3-4,6,11H2,1-2H3,(H2,13,14,15). The van der Waals surface area contributed by atoms with Gasteiger partial charge in [0.15, 0.2) is 0 Å². The van der Waals surface area contributed by atoms with Gasteiger partial charge in [0.1, 0.15) is 5.01 Å². The van der Waals surface area contributed by atoms with Crippen LogP contribution >= 0.6 is 11.3 Å². The molecule has 96 valence electrons. The first-order chi connectivity index (χ1) is 8.27. The van der Waals surface area contributed by atoms with Crippen LogP contribution in [0.1, 0.15) is 24.4 Å². The molecule has 1 heterocycles. The summed E-state index contributed by atoms with van der Waals surface area (Å²) in [5, 5.41) is 6.11. The highest BCUT2D eigenvalue weighted by molar-refractivity contribution is 7.09. The topological polar surface area (TPSA) is 84.6 Å². The average molecular weight is 257 g/mol. The van der Waals surface area contributed by atoms with Gasteiger partial charge in [-0.3, -0.25) is 10.4 Å². The van der Waals surface area contributed by atoms with E-state index in [-0.39, 0.29) is 6.04 Å². The normalized spacial score (nSPS) is 13.5. The molecule has 1 rings (SSSR count). The first kappa shape index (κ1) is 13.9. The molecule has 0 aliphatic carbocycles. The van der Waals surface area contributed by atoms with E-state index < -0.39 is 0 Å². The number of rotatable bonds is 6. The molecule has 0 saturated heterocycles. The minimum atomic E-state index is 0.0900. The fraction of sp³-hybridized carbons (Fsp3) is 0.600. The Labute approximate surface area is 105 Å². The van der Waals surface area contributed by atoms with Crippen molar-refractivity contribution in [3.8, 4) is 0 Å². The number of hydrazine groups is 1. The molecule has 0 saturated carbocycles. The van der Waals surface area contributed by atoms with E-state index in [1.807, 2.05) is 12.3 Å². The first-order valence-electron chi connectivity index (χ1n) is 5.44. The summed E-state index contributed by atoms with van der Waals surface area (Å²) in [5.41, 5.74) is 2.55. The first-order valence-corrected chi connectivity index (χ1v) is 6.31. The predicted octanol–water partition coefficient (Wildman–Crippen LogP) is 0.650. The van der Waals surface area contributed by atoms with Gasteiger partial charge in [-0.1, -0.05) is 0 Å². The molecule has 1 aromatic heterocycles. The second-order valence-electron chi connectivity index (χ2n) is 3.46. The summed E-state index contributed by atoms with van der Waals surface area (Å²) < 4.78 is 4.95. The fourth-order valence-corrected chi connectivity index (χ4v) is 1.89. The lowest BCUT2D eigenvalue weighted by Gasteiger charge is -2.14. The molecule has 6 nitrogen and oxygen atoms in total. The molecular weight excluding hydrogens is 238 g/mol. The highest BCUT2D eigenvalue weighted by atomic mass is 32.1. The number of thiazole rings is 1. The van der Waals surface area contributed by atoms with E-state index >= 15 is 0 Å². The van der Waals surface area contributed by atoms with E-state index in [0.717, 1.165) is 11.4 Å². The van der Waals surface area contributed by atoms with E-state index in [4.69, 9.17) is 10.6 Å². The van der Waals surface area contributed by atoms with Crippen LogP contribution in [0.3, 0.4) is 0 Å². The molecule has 1 atom stereocenters. The third kappa shape index (κ3) is 5.12. The molecule has 1 aromatic rings. The number of hydrogen-bond acceptors (Lipinski definition) is 5. The molecule has 0 amide bonds. The molecule has 0 bridgehead atoms. The van der Waals surface area contributed by atoms with Crippen LogP contribution in [0.25, 0.3) is 0 Å². The van der Waals surface area contributed by atoms with E-state index in [1.54, 1.807) is 24.6 Å². The van der Waals surface area contributed by atoms with E-state index in [1.165, 1.54) is 0 Å². The summed E-state index contributed by atoms with van der Waals surface area (Å²) in [4.78, 5) is 8.52. The van der Waals surface area contributed by atoms with Crippen molar-refractivity contribution >= 4 is 17.3 Å². The van der Waals surface area contributed by atoms with Crippen molar-refractivity contribution in [2.45, 2.75) is 19.4 Å². The van der Waals surface area contributed by atoms with Gasteiger partial charge in [-0.2, -0.15) is 0 Å². The van der Waals surface area contributed by atoms with Crippen LogP contribution in [-0.2, 0) is 4.74 Å². The molecule has 0 aliphatic heterocycles. The zero-order valence-corrected chi connectivity index (χ0v) is 11.0. The minimum Gasteiger partial charge on any atom is -0.385 e. The van der Waals surface area contributed by atoms with Gasteiger partial charge in [0.25, 0.3) is 0 Å². The Kier molecular flexibility index (Phi) is 6.53. The molecule has 0 spiro atoms.